The van der Waals surface area contributed by atoms with Crippen LogP contribution in [0.4, 0.5) is 10.5 Å². The minimum absolute atomic E-state index is 0.0447. The van der Waals surface area contributed by atoms with Gasteiger partial charge in [0.2, 0.25) is 5.91 Å². The summed E-state index contributed by atoms with van der Waals surface area (Å²) in [4.78, 5) is 50.8. The van der Waals surface area contributed by atoms with Gasteiger partial charge in [0.25, 0.3) is 11.6 Å². The van der Waals surface area contributed by atoms with Gasteiger partial charge in [-0.3, -0.25) is 19.7 Å². The van der Waals surface area contributed by atoms with Crippen molar-refractivity contribution in [3.63, 3.8) is 0 Å². The average Bonchev–Trinajstić information content (AvgIpc) is 2.74. The first kappa shape index (κ1) is 26.1. The first-order valence-corrected chi connectivity index (χ1v) is 11.1. The molecule has 0 spiro atoms. The van der Waals surface area contributed by atoms with E-state index < -0.39 is 16.6 Å². The van der Waals surface area contributed by atoms with E-state index in [1.165, 1.54) is 23.1 Å². The zero-order chi connectivity index (χ0) is 24.8. The monoisotopic (exact) mass is 462 g/mol. The highest BCUT2D eigenvalue weighted by Gasteiger charge is 2.28. The lowest BCUT2D eigenvalue weighted by Gasteiger charge is -2.31. The van der Waals surface area contributed by atoms with Crippen molar-refractivity contribution in [2.75, 3.05) is 33.2 Å². The van der Waals surface area contributed by atoms with Gasteiger partial charge in [-0.05, 0) is 58.6 Å². The summed E-state index contributed by atoms with van der Waals surface area (Å²) in [5, 5.41) is 13.8. The molecule has 1 saturated heterocycles. The van der Waals surface area contributed by atoms with Crippen molar-refractivity contribution in [2.45, 2.75) is 52.6 Å². The molecule has 33 heavy (non-hydrogen) atoms. The maximum absolute atomic E-state index is 12.8. The number of likely N-dealkylation sites (tertiary alicyclic amines) is 1. The molecule has 182 valence electrons. The minimum Gasteiger partial charge on any atom is -0.444 e. The summed E-state index contributed by atoms with van der Waals surface area (Å²) >= 11 is 0. The van der Waals surface area contributed by atoms with Crippen LogP contribution in [-0.4, -0.2) is 71.5 Å². The number of nitro benzene ring substituents is 1. The number of rotatable bonds is 7. The molecular formula is C23H34N4O6. The van der Waals surface area contributed by atoms with Crippen LogP contribution in [-0.2, 0) is 9.53 Å². The van der Waals surface area contributed by atoms with Crippen molar-refractivity contribution in [3.8, 4) is 0 Å². The Bertz CT molecular complexity index is 887. The van der Waals surface area contributed by atoms with Crippen LogP contribution in [0.2, 0.25) is 0 Å². The predicted molar refractivity (Wildman–Crippen MR) is 123 cm³/mol. The van der Waals surface area contributed by atoms with Crippen LogP contribution in [0, 0.1) is 23.0 Å². The van der Waals surface area contributed by atoms with Crippen LogP contribution in [0.15, 0.2) is 18.2 Å². The van der Waals surface area contributed by atoms with Gasteiger partial charge in [-0.25, -0.2) is 4.79 Å². The number of nitro groups is 1. The maximum Gasteiger partial charge on any atom is 0.410 e. The van der Waals surface area contributed by atoms with E-state index in [-0.39, 0.29) is 23.4 Å². The fourth-order valence-electron chi connectivity index (χ4n) is 3.62. The Morgan fingerprint density at radius 1 is 1.24 bits per heavy atom. The first-order chi connectivity index (χ1) is 15.4. The lowest BCUT2D eigenvalue weighted by molar-refractivity contribution is -0.384. The number of nitrogens with zero attached hydrogens (tertiary/aromatic N) is 3. The highest BCUT2D eigenvalue weighted by atomic mass is 16.6. The summed E-state index contributed by atoms with van der Waals surface area (Å²) in [6.45, 7) is 8.94. The van der Waals surface area contributed by atoms with Gasteiger partial charge in [0.1, 0.15) is 5.60 Å². The van der Waals surface area contributed by atoms with E-state index in [4.69, 9.17) is 4.74 Å². The second-order valence-corrected chi connectivity index (χ2v) is 9.37. The fraction of sp³-hybridized carbons (Fsp3) is 0.609. The Morgan fingerprint density at radius 3 is 2.42 bits per heavy atom. The number of aryl methyl sites for hydroxylation is 1. The molecule has 1 heterocycles. The molecule has 0 aromatic heterocycles. The molecular weight excluding hydrogens is 428 g/mol. The number of carbonyl (C=O) groups is 3. The van der Waals surface area contributed by atoms with Crippen molar-refractivity contribution < 1.29 is 24.0 Å². The summed E-state index contributed by atoms with van der Waals surface area (Å²) in [6, 6.07) is 4.22. The normalized spacial score (nSPS) is 14.5. The molecule has 1 N–H and O–H groups in total. The SMILES string of the molecule is Cc1cc([N+](=O)[O-])ccc1C(=O)N1CCC(C(=O)NCCCN(C)C(=O)OC(C)(C)C)CC1. The van der Waals surface area contributed by atoms with Crippen LogP contribution in [0.5, 0.6) is 0 Å². The average molecular weight is 463 g/mol. The van der Waals surface area contributed by atoms with E-state index in [1.807, 2.05) is 20.8 Å². The third kappa shape index (κ3) is 7.73. The van der Waals surface area contributed by atoms with Gasteiger partial charge in [-0.1, -0.05) is 0 Å². The number of hydrogen-bond donors (Lipinski definition) is 1. The molecule has 1 aliphatic heterocycles. The second kappa shape index (κ2) is 11.1. The van der Waals surface area contributed by atoms with Crippen LogP contribution in [0.3, 0.4) is 0 Å². The Labute approximate surface area is 194 Å². The molecule has 2 rings (SSSR count). The lowest BCUT2D eigenvalue weighted by Crippen LogP contribution is -2.43. The highest BCUT2D eigenvalue weighted by molar-refractivity contribution is 5.96. The van der Waals surface area contributed by atoms with E-state index >= 15 is 0 Å². The molecule has 0 atom stereocenters. The third-order valence-corrected chi connectivity index (χ3v) is 5.48. The highest BCUT2D eigenvalue weighted by Crippen LogP contribution is 2.23. The number of carbonyl (C=O) groups excluding carboxylic acids is 3. The summed E-state index contributed by atoms with van der Waals surface area (Å²) in [7, 11) is 1.66. The molecule has 1 fully saturated rings. The van der Waals surface area contributed by atoms with Crippen LogP contribution in [0.1, 0.15) is 56.0 Å². The predicted octanol–water partition coefficient (Wildman–Crippen LogP) is 3.13. The summed E-state index contributed by atoms with van der Waals surface area (Å²) in [6.07, 6.45) is 1.33. The maximum atomic E-state index is 12.8. The van der Waals surface area contributed by atoms with E-state index in [2.05, 4.69) is 5.32 Å². The summed E-state index contributed by atoms with van der Waals surface area (Å²) in [5.74, 6) is -0.393. The van der Waals surface area contributed by atoms with E-state index in [1.54, 1.807) is 18.9 Å². The number of ether oxygens (including phenoxy) is 1. The molecule has 10 nitrogen and oxygen atoms in total. The van der Waals surface area contributed by atoms with E-state index in [0.717, 1.165) is 0 Å². The van der Waals surface area contributed by atoms with Gasteiger partial charge in [-0.2, -0.15) is 0 Å². The molecule has 0 saturated carbocycles. The molecule has 0 bridgehead atoms. The number of benzene rings is 1. The van der Waals surface area contributed by atoms with Crippen LogP contribution < -0.4 is 5.32 Å². The van der Waals surface area contributed by atoms with Gasteiger partial charge in [0.15, 0.2) is 0 Å². The number of non-ortho nitro benzene ring substituents is 1. The van der Waals surface area contributed by atoms with Crippen molar-refractivity contribution in [1.29, 1.82) is 0 Å². The van der Waals surface area contributed by atoms with E-state index in [0.29, 0.717) is 56.6 Å². The van der Waals surface area contributed by atoms with Gasteiger partial charge in [0, 0.05) is 56.8 Å². The molecule has 3 amide bonds. The minimum atomic E-state index is -0.549. The zero-order valence-corrected chi connectivity index (χ0v) is 20.1. The second-order valence-electron chi connectivity index (χ2n) is 9.37. The Balaban J connectivity index is 1.75. The topological polar surface area (TPSA) is 122 Å². The molecule has 1 aromatic rings. The van der Waals surface area contributed by atoms with Crippen LogP contribution in [0.25, 0.3) is 0 Å². The van der Waals surface area contributed by atoms with Gasteiger partial charge < -0.3 is 19.9 Å². The molecule has 0 aliphatic carbocycles. The van der Waals surface area contributed by atoms with Gasteiger partial charge >= 0.3 is 6.09 Å². The third-order valence-electron chi connectivity index (χ3n) is 5.48. The van der Waals surface area contributed by atoms with Crippen molar-refractivity contribution in [2.24, 2.45) is 5.92 Å². The number of hydrogen-bond acceptors (Lipinski definition) is 6. The van der Waals surface area contributed by atoms with E-state index in [9.17, 15) is 24.5 Å². The summed E-state index contributed by atoms with van der Waals surface area (Å²) in [5.41, 5.74) is 0.409. The lowest BCUT2D eigenvalue weighted by atomic mass is 9.95. The fourth-order valence-corrected chi connectivity index (χ4v) is 3.62. The quantitative estimate of drug-likeness (QED) is 0.377. The number of piperidine rings is 1. The largest absolute Gasteiger partial charge is 0.444 e. The molecule has 1 aromatic carbocycles. The van der Waals surface area contributed by atoms with Crippen molar-refractivity contribution in [3.05, 3.63) is 39.4 Å². The van der Waals surface area contributed by atoms with Crippen molar-refractivity contribution >= 4 is 23.6 Å². The van der Waals surface area contributed by atoms with Gasteiger partial charge in [-0.15, -0.1) is 0 Å². The molecule has 0 radical (unpaired) electrons. The number of amides is 3. The molecule has 1 aliphatic rings. The standard InChI is InChI=1S/C23H34N4O6/c1-16-15-18(27(31)32)7-8-19(16)21(29)26-13-9-17(10-14-26)20(28)24-11-6-12-25(5)22(30)33-23(2,3)4/h7-8,15,17H,6,9-14H2,1-5H3,(H,24,28). The molecule has 0 unspecified atom stereocenters. The Morgan fingerprint density at radius 2 is 1.88 bits per heavy atom. The van der Waals surface area contributed by atoms with Crippen LogP contribution >= 0.6 is 0 Å². The zero-order valence-electron chi connectivity index (χ0n) is 20.1. The molecule has 10 heteroatoms. The Hall–Kier alpha value is -3.17. The smallest absolute Gasteiger partial charge is 0.410 e. The number of nitrogens with one attached hydrogen (secondary N) is 1. The van der Waals surface area contributed by atoms with Gasteiger partial charge in [0.05, 0.1) is 4.92 Å². The van der Waals surface area contributed by atoms with Crippen molar-refractivity contribution in [1.82, 2.24) is 15.1 Å². The summed E-state index contributed by atoms with van der Waals surface area (Å²) < 4.78 is 5.30. The Kier molecular flexibility index (Phi) is 8.78. The first-order valence-electron chi connectivity index (χ1n) is 11.1.